The second-order valence-electron chi connectivity index (χ2n) is 5.82. The largest absolute Gasteiger partial charge is 0.325 e. The van der Waals surface area contributed by atoms with Crippen LogP contribution in [0.25, 0.3) is 0 Å². The predicted octanol–water partition coefficient (Wildman–Crippen LogP) is 3.83. The van der Waals surface area contributed by atoms with Gasteiger partial charge in [-0.3, -0.25) is 4.79 Å². The average molecular weight is 399 g/mol. The van der Waals surface area contributed by atoms with Crippen molar-refractivity contribution < 1.29 is 17.6 Å². The Labute approximate surface area is 157 Å². The molecule has 1 amide bonds. The molecular weight excluding hydrogens is 379 g/mol. The van der Waals surface area contributed by atoms with Crippen LogP contribution in [0.15, 0.2) is 47.4 Å². The van der Waals surface area contributed by atoms with Crippen molar-refractivity contribution in [1.82, 2.24) is 4.31 Å². The molecule has 0 saturated carbocycles. The molecule has 0 bridgehead atoms. The van der Waals surface area contributed by atoms with E-state index in [1.807, 2.05) is 19.1 Å². The van der Waals surface area contributed by atoms with E-state index in [4.69, 9.17) is 11.6 Å². The Hall–Kier alpha value is -1.96. The first-order valence-corrected chi connectivity index (χ1v) is 9.83. The molecule has 0 radical (unpaired) electrons. The lowest BCUT2D eigenvalue weighted by atomic mass is 10.2. The highest BCUT2D eigenvalue weighted by atomic mass is 35.5. The number of carbonyl (C=O) groups excluding carboxylic acids is 1. The summed E-state index contributed by atoms with van der Waals surface area (Å²) in [6.07, 6.45) is 0. The molecule has 0 aliphatic heterocycles. The normalized spacial score (nSPS) is 12.8. The van der Waals surface area contributed by atoms with Gasteiger partial charge in [-0.05, 0) is 44.2 Å². The Balaban J connectivity index is 2.25. The second kappa shape index (κ2) is 8.16. The fourth-order valence-corrected chi connectivity index (χ4v) is 4.31. The van der Waals surface area contributed by atoms with E-state index >= 15 is 0 Å². The maximum Gasteiger partial charge on any atom is 0.243 e. The van der Waals surface area contributed by atoms with Crippen molar-refractivity contribution in [3.05, 3.63) is 58.9 Å². The lowest BCUT2D eigenvalue weighted by Crippen LogP contribution is -2.45. The van der Waals surface area contributed by atoms with E-state index in [0.29, 0.717) is 5.69 Å². The molecule has 2 aromatic carbocycles. The maximum atomic E-state index is 13.3. The Morgan fingerprint density at radius 2 is 1.85 bits per heavy atom. The number of rotatable bonds is 6. The molecule has 2 rings (SSSR count). The van der Waals surface area contributed by atoms with Crippen LogP contribution >= 0.6 is 11.6 Å². The fraction of sp³-hybridized carbons (Fsp3) is 0.278. The third-order valence-electron chi connectivity index (χ3n) is 3.94. The zero-order valence-corrected chi connectivity index (χ0v) is 16.2. The van der Waals surface area contributed by atoms with Gasteiger partial charge in [0.05, 0.1) is 9.92 Å². The number of halogens is 2. The molecule has 0 heterocycles. The summed E-state index contributed by atoms with van der Waals surface area (Å²) in [4.78, 5) is 12.3. The first-order chi connectivity index (χ1) is 12.2. The molecule has 0 unspecified atom stereocenters. The second-order valence-corrected chi connectivity index (χ2v) is 8.11. The molecule has 0 fully saturated rings. The molecule has 0 aliphatic rings. The molecule has 2 aromatic rings. The standard InChI is InChI=1S/C18H20ClFN2O3S/c1-4-22(26(24,25)15-9-10-17(20)16(19)11-15)13(3)18(23)21-14-7-5-12(2)6-8-14/h5-11,13H,4H2,1-3H3,(H,21,23)/t13-/m1/s1. The van der Waals surface area contributed by atoms with E-state index < -0.39 is 27.8 Å². The highest BCUT2D eigenvalue weighted by Gasteiger charge is 2.32. The number of nitrogens with zero attached hydrogens (tertiary/aromatic N) is 1. The maximum absolute atomic E-state index is 13.3. The van der Waals surface area contributed by atoms with Crippen LogP contribution in [-0.4, -0.2) is 31.2 Å². The Bertz CT molecular complexity index is 901. The Kier molecular flexibility index (Phi) is 6.39. The monoisotopic (exact) mass is 398 g/mol. The number of benzene rings is 2. The van der Waals surface area contributed by atoms with Gasteiger partial charge in [-0.25, -0.2) is 12.8 Å². The predicted molar refractivity (Wildman–Crippen MR) is 100 cm³/mol. The number of sulfonamides is 1. The van der Waals surface area contributed by atoms with Crippen molar-refractivity contribution in [2.45, 2.75) is 31.7 Å². The number of aryl methyl sites for hydroxylation is 1. The van der Waals surface area contributed by atoms with Crippen molar-refractivity contribution in [2.75, 3.05) is 11.9 Å². The molecule has 5 nitrogen and oxygen atoms in total. The molecule has 140 valence electrons. The summed E-state index contributed by atoms with van der Waals surface area (Å²) in [5.41, 5.74) is 1.62. The third-order valence-corrected chi connectivity index (χ3v) is 6.27. The number of carbonyl (C=O) groups is 1. The fourth-order valence-electron chi connectivity index (χ4n) is 2.44. The zero-order valence-electron chi connectivity index (χ0n) is 14.7. The van der Waals surface area contributed by atoms with Gasteiger partial charge >= 0.3 is 0 Å². The van der Waals surface area contributed by atoms with Crippen molar-refractivity contribution in [3.63, 3.8) is 0 Å². The molecule has 0 saturated heterocycles. The smallest absolute Gasteiger partial charge is 0.243 e. The minimum atomic E-state index is -4.01. The van der Waals surface area contributed by atoms with Gasteiger partial charge in [-0.15, -0.1) is 0 Å². The lowest BCUT2D eigenvalue weighted by Gasteiger charge is -2.26. The quantitative estimate of drug-likeness (QED) is 0.804. The van der Waals surface area contributed by atoms with Gasteiger partial charge in [-0.2, -0.15) is 4.31 Å². The van der Waals surface area contributed by atoms with Gasteiger partial charge in [0.1, 0.15) is 11.9 Å². The summed E-state index contributed by atoms with van der Waals surface area (Å²) in [7, 11) is -4.01. The molecule has 26 heavy (non-hydrogen) atoms. The van der Waals surface area contributed by atoms with E-state index in [0.717, 1.165) is 28.1 Å². The topological polar surface area (TPSA) is 66.5 Å². The number of nitrogens with one attached hydrogen (secondary N) is 1. The zero-order chi connectivity index (χ0) is 19.5. The van der Waals surface area contributed by atoms with E-state index in [2.05, 4.69) is 5.32 Å². The van der Waals surface area contributed by atoms with Crippen LogP contribution in [0.2, 0.25) is 5.02 Å². The molecule has 0 aromatic heterocycles. The van der Waals surface area contributed by atoms with Gasteiger partial charge in [0.15, 0.2) is 0 Å². The van der Waals surface area contributed by atoms with Gasteiger partial charge in [0, 0.05) is 12.2 Å². The van der Waals surface area contributed by atoms with Crippen molar-refractivity contribution in [2.24, 2.45) is 0 Å². The van der Waals surface area contributed by atoms with E-state index in [9.17, 15) is 17.6 Å². The molecule has 1 atom stereocenters. The number of anilines is 1. The number of amides is 1. The van der Waals surface area contributed by atoms with Crippen molar-refractivity contribution in [1.29, 1.82) is 0 Å². The van der Waals surface area contributed by atoms with Gasteiger partial charge in [-0.1, -0.05) is 36.2 Å². The summed E-state index contributed by atoms with van der Waals surface area (Å²) in [6, 6.07) is 9.36. The van der Waals surface area contributed by atoms with Gasteiger partial charge in [0.2, 0.25) is 15.9 Å². The first kappa shape index (κ1) is 20.4. The van der Waals surface area contributed by atoms with Crippen LogP contribution < -0.4 is 5.32 Å². The van der Waals surface area contributed by atoms with Crippen LogP contribution in [-0.2, 0) is 14.8 Å². The van der Waals surface area contributed by atoms with Crippen LogP contribution in [0.3, 0.4) is 0 Å². The van der Waals surface area contributed by atoms with Crippen LogP contribution in [0.4, 0.5) is 10.1 Å². The highest BCUT2D eigenvalue weighted by molar-refractivity contribution is 7.89. The first-order valence-electron chi connectivity index (χ1n) is 8.01. The molecule has 8 heteroatoms. The lowest BCUT2D eigenvalue weighted by molar-refractivity contribution is -0.119. The number of likely N-dealkylation sites (N-methyl/N-ethyl adjacent to an activating group) is 1. The number of hydrogen-bond acceptors (Lipinski definition) is 3. The highest BCUT2D eigenvalue weighted by Crippen LogP contribution is 2.24. The summed E-state index contributed by atoms with van der Waals surface area (Å²) in [5, 5.41) is 2.40. The third kappa shape index (κ3) is 4.41. The van der Waals surface area contributed by atoms with Crippen molar-refractivity contribution >= 4 is 33.2 Å². The minimum absolute atomic E-state index is 0.0693. The molecule has 0 spiro atoms. The SMILES string of the molecule is CCN([C@H](C)C(=O)Nc1ccc(C)cc1)S(=O)(=O)c1ccc(F)c(Cl)c1. The molecule has 0 aliphatic carbocycles. The van der Waals surface area contributed by atoms with E-state index in [-0.39, 0.29) is 16.5 Å². The van der Waals surface area contributed by atoms with E-state index in [1.54, 1.807) is 19.1 Å². The van der Waals surface area contributed by atoms with Crippen LogP contribution in [0.5, 0.6) is 0 Å². The average Bonchev–Trinajstić information content (AvgIpc) is 2.59. The van der Waals surface area contributed by atoms with Crippen LogP contribution in [0, 0.1) is 12.7 Å². The Morgan fingerprint density at radius 1 is 1.23 bits per heavy atom. The molecule has 1 N–H and O–H groups in total. The van der Waals surface area contributed by atoms with Crippen molar-refractivity contribution in [3.8, 4) is 0 Å². The van der Waals surface area contributed by atoms with Gasteiger partial charge in [0.25, 0.3) is 0 Å². The molecular formula is C18H20ClFN2O3S. The Morgan fingerprint density at radius 3 is 2.38 bits per heavy atom. The summed E-state index contributed by atoms with van der Waals surface area (Å²) < 4.78 is 40.0. The summed E-state index contributed by atoms with van der Waals surface area (Å²) in [6.45, 7) is 5.11. The summed E-state index contributed by atoms with van der Waals surface area (Å²) >= 11 is 5.69. The van der Waals surface area contributed by atoms with Crippen LogP contribution in [0.1, 0.15) is 19.4 Å². The van der Waals surface area contributed by atoms with E-state index in [1.165, 1.54) is 6.92 Å². The summed E-state index contributed by atoms with van der Waals surface area (Å²) in [5.74, 6) is -1.17. The minimum Gasteiger partial charge on any atom is -0.325 e. The van der Waals surface area contributed by atoms with Gasteiger partial charge < -0.3 is 5.32 Å². The number of hydrogen-bond donors (Lipinski definition) is 1.